The first-order chi connectivity index (χ1) is 11.4. The number of hydrogen-bond acceptors (Lipinski definition) is 3. The molecule has 1 aromatic carbocycles. The molecule has 1 amide bonds. The van der Waals surface area contributed by atoms with E-state index in [2.05, 4.69) is 4.98 Å². The lowest BCUT2D eigenvalue weighted by Gasteiger charge is -2.29. The van der Waals surface area contributed by atoms with Crippen molar-refractivity contribution >= 4 is 11.6 Å². The Balaban J connectivity index is 2.05. The van der Waals surface area contributed by atoms with Crippen LogP contribution in [0.1, 0.15) is 26.2 Å². The molecular formula is C17H22F2N4O. The van der Waals surface area contributed by atoms with Gasteiger partial charge < -0.3 is 4.90 Å². The summed E-state index contributed by atoms with van der Waals surface area (Å²) in [6.45, 7) is 1.53. The number of imidazole rings is 1. The van der Waals surface area contributed by atoms with Crippen molar-refractivity contribution in [3.8, 4) is 0 Å². The Morgan fingerprint density at radius 2 is 1.92 bits per heavy atom. The smallest absolute Gasteiger partial charge is 0.309 e. The predicted molar refractivity (Wildman–Crippen MR) is 88.9 cm³/mol. The van der Waals surface area contributed by atoms with E-state index in [9.17, 15) is 13.6 Å². The van der Waals surface area contributed by atoms with Crippen molar-refractivity contribution in [3.05, 3.63) is 48.5 Å². The van der Waals surface area contributed by atoms with Crippen molar-refractivity contribution in [3.63, 3.8) is 0 Å². The molecule has 130 valence electrons. The lowest BCUT2D eigenvalue weighted by atomic mass is 10.2. The summed E-state index contributed by atoms with van der Waals surface area (Å²) in [4.78, 5) is 20.0. The Bertz CT molecular complexity index is 658. The van der Waals surface area contributed by atoms with Gasteiger partial charge in [-0.2, -0.15) is 8.78 Å². The molecule has 0 N–H and O–H groups in total. The fourth-order valence-electron chi connectivity index (χ4n) is 2.57. The molecule has 0 aliphatic heterocycles. The summed E-state index contributed by atoms with van der Waals surface area (Å²) in [5.74, 6) is 0.143. The van der Waals surface area contributed by atoms with Crippen LogP contribution in [0.4, 0.5) is 14.5 Å². The van der Waals surface area contributed by atoms with Crippen LogP contribution in [0.3, 0.4) is 0 Å². The molecule has 0 atom stereocenters. The molecule has 0 bridgehead atoms. The molecule has 0 fully saturated rings. The molecule has 0 aliphatic rings. The van der Waals surface area contributed by atoms with Gasteiger partial charge in [0.15, 0.2) is 0 Å². The van der Waals surface area contributed by atoms with Gasteiger partial charge in [0, 0.05) is 24.1 Å². The summed E-state index contributed by atoms with van der Waals surface area (Å²) < 4.78 is 26.5. The molecule has 2 aromatic rings. The van der Waals surface area contributed by atoms with Gasteiger partial charge in [-0.15, -0.1) is 0 Å². The molecule has 0 aliphatic carbocycles. The first-order valence-electron chi connectivity index (χ1n) is 7.75. The molecule has 0 unspecified atom stereocenters. The number of hydrogen-bond donors (Lipinski definition) is 0. The summed E-state index contributed by atoms with van der Waals surface area (Å²) in [7, 11) is 1.71. The number of aromatic nitrogens is 2. The van der Waals surface area contributed by atoms with Crippen LogP contribution in [-0.4, -0.2) is 40.0 Å². The van der Waals surface area contributed by atoms with Crippen LogP contribution >= 0.6 is 0 Å². The molecule has 1 heterocycles. The summed E-state index contributed by atoms with van der Waals surface area (Å²) in [5, 5.41) is 0. The molecule has 24 heavy (non-hydrogen) atoms. The van der Waals surface area contributed by atoms with Crippen LogP contribution in [0.15, 0.2) is 42.7 Å². The minimum Gasteiger partial charge on any atom is -0.309 e. The fourth-order valence-corrected chi connectivity index (χ4v) is 2.57. The molecular weight excluding hydrogens is 314 g/mol. The van der Waals surface area contributed by atoms with Gasteiger partial charge in [-0.25, -0.2) is 4.98 Å². The Labute approximate surface area is 140 Å². The van der Waals surface area contributed by atoms with Crippen LogP contribution in [-0.2, 0) is 11.3 Å². The number of likely N-dealkylation sites (N-methyl/N-ethyl adjacent to an activating group) is 1. The standard InChI is InChI=1S/C17H22F2N4O/c1-13(2)23(14-7-5-4-6-8-14)16(24)12-21(3)11-15-20-9-10-22(15)17(18)19/h4-10,13,17H,11-12H2,1-3H3. The minimum absolute atomic E-state index is 0.00338. The van der Waals surface area contributed by atoms with Gasteiger partial charge in [0.2, 0.25) is 5.91 Å². The van der Waals surface area contributed by atoms with Crippen molar-refractivity contribution in [1.29, 1.82) is 0 Å². The third-order valence-corrected chi connectivity index (χ3v) is 3.60. The van der Waals surface area contributed by atoms with E-state index in [1.807, 2.05) is 44.2 Å². The van der Waals surface area contributed by atoms with E-state index >= 15 is 0 Å². The molecule has 2 rings (SSSR count). The molecule has 0 saturated heterocycles. The first-order valence-corrected chi connectivity index (χ1v) is 7.75. The predicted octanol–water partition coefficient (Wildman–Crippen LogP) is 3.15. The number of benzene rings is 1. The van der Waals surface area contributed by atoms with E-state index in [0.29, 0.717) is 0 Å². The van der Waals surface area contributed by atoms with Gasteiger partial charge in [-0.05, 0) is 33.0 Å². The molecule has 5 nitrogen and oxygen atoms in total. The number of alkyl halides is 2. The van der Waals surface area contributed by atoms with Crippen LogP contribution in [0, 0.1) is 0 Å². The van der Waals surface area contributed by atoms with E-state index in [1.165, 1.54) is 12.4 Å². The van der Waals surface area contributed by atoms with E-state index in [4.69, 9.17) is 0 Å². The largest absolute Gasteiger partial charge is 0.319 e. The number of anilines is 1. The highest BCUT2D eigenvalue weighted by atomic mass is 19.3. The maximum absolute atomic E-state index is 12.9. The van der Waals surface area contributed by atoms with Crippen molar-refractivity contribution < 1.29 is 13.6 Å². The van der Waals surface area contributed by atoms with Crippen molar-refractivity contribution in [2.24, 2.45) is 0 Å². The van der Waals surface area contributed by atoms with Crippen LogP contribution in [0.2, 0.25) is 0 Å². The SMILES string of the molecule is CC(C)N(C(=O)CN(C)Cc1nccn1C(F)F)c1ccccc1. The fraction of sp³-hybridized carbons (Fsp3) is 0.412. The third kappa shape index (κ3) is 4.38. The normalized spacial score (nSPS) is 11.5. The van der Waals surface area contributed by atoms with E-state index in [0.717, 1.165) is 10.3 Å². The number of carbonyl (C=O) groups excluding carboxylic acids is 1. The number of para-hydroxylation sites is 1. The summed E-state index contributed by atoms with van der Waals surface area (Å²) in [6.07, 6.45) is 2.57. The van der Waals surface area contributed by atoms with Crippen molar-refractivity contribution in [2.45, 2.75) is 33.0 Å². The second-order valence-corrected chi connectivity index (χ2v) is 5.89. The van der Waals surface area contributed by atoms with E-state index in [-0.39, 0.29) is 30.9 Å². The monoisotopic (exact) mass is 336 g/mol. The second kappa shape index (κ2) is 8.01. The number of carbonyl (C=O) groups is 1. The highest BCUT2D eigenvalue weighted by Gasteiger charge is 2.21. The lowest BCUT2D eigenvalue weighted by molar-refractivity contribution is -0.119. The average Bonchev–Trinajstić information content (AvgIpc) is 2.96. The topological polar surface area (TPSA) is 41.4 Å². The highest BCUT2D eigenvalue weighted by Crippen LogP contribution is 2.18. The van der Waals surface area contributed by atoms with Crippen LogP contribution in [0.25, 0.3) is 0 Å². The maximum atomic E-state index is 12.9. The highest BCUT2D eigenvalue weighted by molar-refractivity contribution is 5.95. The first kappa shape index (κ1) is 18.1. The molecule has 0 spiro atoms. The quantitative estimate of drug-likeness (QED) is 0.780. The zero-order valence-corrected chi connectivity index (χ0v) is 14.1. The Morgan fingerprint density at radius 1 is 1.25 bits per heavy atom. The van der Waals surface area contributed by atoms with E-state index in [1.54, 1.807) is 16.8 Å². The number of rotatable bonds is 7. The molecule has 1 aromatic heterocycles. The van der Waals surface area contributed by atoms with Crippen LogP contribution in [0.5, 0.6) is 0 Å². The Morgan fingerprint density at radius 3 is 2.50 bits per heavy atom. The lowest BCUT2D eigenvalue weighted by Crippen LogP contribution is -2.43. The third-order valence-electron chi connectivity index (χ3n) is 3.60. The zero-order chi connectivity index (χ0) is 17.7. The summed E-state index contributed by atoms with van der Waals surface area (Å²) in [5.41, 5.74) is 0.819. The van der Waals surface area contributed by atoms with Gasteiger partial charge in [0.1, 0.15) is 5.82 Å². The van der Waals surface area contributed by atoms with Gasteiger partial charge in [-0.1, -0.05) is 18.2 Å². The average molecular weight is 336 g/mol. The van der Waals surface area contributed by atoms with Gasteiger partial charge in [0.05, 0.1) is 13.1 Å². The summed E-state index contributed by atoms with van der Waals surface area (Å²) in [6, 6.07) is 9.39. The maximum Gasteiger partial charge on any atom is 0.319 e. The van der Waals surface area contributed by atoms with Gasteiger partial charge >= 0.3 is 6.55 Å². The molecule has 0 saturated carbocycles. The number of nitrogens with zero attached hydrogens (tertiary/aromatic N) is 4. The molecule has 7 heteroatoms. The zero-order valence-electron chi connectivity index (χ0n) is 14.1. The minimum atomic E-state index is -2.64. The second-order valence-electron chi connectivity index (χ2n) is 5.89. The van der Waals surface area contributed by atoms with Crippen molar-refractivity contribution in [1.82, 2.24) is 14.5 Å². The number of halogens is 2. The van der Waals surface area contributed by atoms with Crippen molar-refractivity contribution in [2.75, 3.05) is 18.5 Å². The van der Waals surface area contributed by atoms with Crippen LogP contribution < -0.4 is 4.90 Å². The van der Waals surface area contributed by atoms with Gasteiger partial charge in [-0.3, -0.25) is 14.3 Å². The number of amides is 1. The summed E-state index contributed by atoms with van der Waals surface area (Å²) >= 11 is 0. The Hall–Kier alpha value is -2.28. The van der Waals surface area contributed by atoms with E-state index < -0.39 is 6.55 Å². The Kier molecular flexibility index (Phi) is 6.03. The van der Waals surface area contributed by atoms with Gasteiger partial charge in [0.25, 0.3) is 0 Å². The molecule has 0 radical (unpaired) electrons.